The van der Waals surface area contributed by atoms with Gasteiger partial charge in [-0.05, 0) is 11.5 Å². The Bertz CT molecular complexity index is 822. The molecular formula is C18H23N3OS. The number of benzene rings is 1. The van der Waals surface area contributed by atoms with E-state index in [2.05, 4.69) is 64.0 Å². The zero-order chi connectivity index (χ0) is 16.8. The number of fused-ring (bicyclic) bond motifs is 1. The molecule has 0 bridgehead atoms. The summed E-state index contributed by atoms with van der Waals surface area (Å²) in [7, 11) is 0. The minimum absolute atomic E-state index is 0.0167. The summed E-state index contributed by atoms with van der Waals surface area (Å²) < 4.78 is 1.79. The highest BCUT2D eigenvalue weighted by atomic mass is 32.1. The maximum Gasteiger partial charge on any atom is 0.213 e. The third-order valence-corrected chi connectivity index (χ3v) is 5.27. The fourth-order valence-electron chi connectivity index (χ4n) is 2.49. The number of aromatic nitrogens is 3. The van der Waals surface area contributed by atoms with Crippen molar-refractivity contribution in [1.82, 2.24) is 14.6 Å². The Balaban J connectivity index is 2.09. The molecule has 0 saturated carbocycles. The first-order valence-electron chi connectivity index (χ1n) is 7.91. The maximum absolute atomic E-state index is 9.83. The first-order valence-corrected chi connectivity index (χ1v) is 8.73. The number of hydrogen-bond donors (Lipinski definition) is 1. The molecule has 23 heavy (non-hydrogen) atoms. The van der Waals surface area contributed by atoms with Crippen LogP contribution < -0.4 is 0 Å². The Morgan fingerprint density at radius 3 is 2.35 bits per heavy atom. The first-order chi connectivity index (χ1) is 10.8. The molecule has 0 spiro atoms. The monoisotopic (exact) mass is 329 g/mol. The largest absolute Gasteiger partial charge is 0.390 e. The molecule has 0 atom stereocenters. The lowest BCUT2D eigenvalue weighted by atomic mass is 9.98. The summed E-state index contributed by atoms with van der Waals surface area (Å²) in [5.74, 6) is 0.503. The van der Waals surface area contributed by atoms with E-state index in [1.54, 1.807) is 15.9 Å². The summed E-state index contributed by atoms with van der Waals surface area (Å²) in [5, 5.41) is 15.5. The highest BCUT2D eigenvalue weighted by Crippen LogP contribution is 2.32. The van der Waals surface area contributed by atoms with Crippen molar-refractivity contribution in [3.05, 3.63) is 40.5 Å². The van der Waals surface area contributed by atoms with Gasteiger partial charge in [-0.25, -0.2) is 9.50 Å². The highest BCUT2D eigenvalue weighted by Gasteiger charge is 2.23. The standard InChI is InChI=1S/C18H23N3OS/c1-11(2)12-6-8-13(9-7-12)15-14(10-22)21-17(19-15)23-16(20-21)18(3,4)5/h6-9,11,22H,10H2,1-5H3. The van der Waals surface area contributed by atoms with Gasteiger partial charge in [0.05, 0.1) is 18.0 Å². The zero-order valence-corrected chi connectivity index (χ0v) is 15.1. The van der Waals surface area contributed by atoms with Crippen molar-refractivity contribution in [2.75, 3.05) is 0 Å². The molecule has 122 valence electrons. The third-order valence-electron chi connectivity index (χ3n) is 3.94. The van der Waals surface area contributed by atoms with Crippen LogP contribution in [0.5, 0.6) is 0 Å². The quantitative estimate of drug-likeness (QED) is 0.776. The number of aliphatic hydroxyl groups is 1. The van der Waals surface area contributed by atoms with E-state index in [0.29, 0.717) is 5.92 Å². The van der Waals surface area contributed by atoms with Crippen LogP contribution in [0.1, 0.15) is 56.8 Å². The van der Waals surface area contributed by atoms with E-state index in [-0.39, 0.29) is 12.0 Å². The van der Waals surface area contributed by atoms with Gasteiger partial charge >= 0.3 is 0 Å². The van der Waals surface area contributed by atoms with Crippen molar-refractivity contribution in [2.24, 2.45) is 0 Å². The molecule has 5 heteroatoms. The summed E-state index contributed by atoms with van der Waals surface area (Å²) in [6.45, 7) is 10.7. The second-order valence-corrected chi connectivity index (χ2v) is 8.15. The Morgan fingerprint density at radius 1 is 1.17 bits per heavy atom. The Kier molecular flexibility index (Phi) is 4.02. The number of hydrogen-bond acceptors (Lipinski definition) is 4. The number of nitrogens with zero attached hydrogens (tertiary/aromatic N) is 3. The Morgan fingerprint density at radius 2 is 1.83 bits per heavy atom. The lowest BCUT2D eigenvalue weighted by molar-refractivity contribution is 0.274. The predicted molar refractivity (Wildman–Crippen MR) is 95.0 cm³/mol. The van der Waals surface area contributed by atoms with Crippen molar-refractivity contribution in [1.29, 1.82) is 0 Å². The van der Waals surface area contributed by atoms with Crippen LogP contribution in [0.2, 0.25) is 0 Å². The Hall–Kier alpha value is -1.72. The van der Waals surface area contributed by atoms with Crippen molar-refractivity contribution in [3.8, 4) is 11.3 Å². The average Bonchev–Trinajstić information content (AvgIpc) is 3.04. The van der Waals surface area contributed by atoms with Crippen LogP contribution in [0, 0.1) is 0 Å². The van der Waals surface area contributed by atoms with Gasteiger partial charge in [-0.3, -0.25) is 0 Å². The van der Waals surface area contributed by atoms with Crippen LogP contribution in [0.4, 0.5) is 0 Å². The van der Waals surface area contributed by atoms with Crippen LogP contribution in [-0.2, 0) is 12.0 Å². The van der Waals surface area contributed by atoms with E-state index in [1.165, 1.54) is 5.56 Å². The molecule has 0 aliphatic rings. The molecule has 3 rings (SSSR count). The number of imidazole rings is 1. The normalized spacial score (nSPS) is 12.5. The van der Waals surface area contributed by atoms with E-state index in [9.17, 15) is 5.11 Å². The molecule has 4 nitrogen and oxygen atoms in total. The molecule has 1 aromatic carbocycles. The zero-order valence-electron chi connectivity index (χ0n) is 14.3. The van der Waals surface area contributed by atoms with Gasteiger partial charge in [-0.15, -0.1) is 0 Å². The van der Waals surface area contributed by atoms with Gasteiger partial charge < -0.3 is 5.11 Å². The molecule has 0 aliphatic carbocycles. The third kappa shape index (κ3) is 2.91. The van der Waals surface area contributed by atoms with Crippen LogP contribution in [0.15, 0.2) is 24.3 Å². The highest BCUT2D eigenvalue weighted by molar-refractivity contribution is 7.16. The van der Waals surface area contributed by atoms with Crippen LogP contribution in [0.25, 0.3) is 16.2 Å². The fourth-order valence-corrected chi connectivity index (χ4v) is 3.47. The maximum atomic E-state index is 9.83. The SMILES string of the molecule is CC(C)c1ccc(-c2nc3sc(C(C)(C)C)nn3c2CO)cc1. The van der Waals surface area contributed by atoms with E-state index in [0.717, 1.165) is 26.9 Å². The minimum atomic E-state index is -0.0737. The number of rotatable bonds is 3. The smallest absolute Gasteiger partial charge is 0.213 e. The van der Waals surface area contributed by atoms with Gasteiger partial charge in [0, 0.05) is 11.0 Å². The molecule has 2 aromatic heterocycles. The Labute approximate surface area is 140 Å². The summed E-state index contributed by atoms with van der Waals surface area (Å²) in [6.07, 6.45) is 0. The van der Waals surface area contributed by atoms with Crippen molar-refractivity contribution >= 4 is 16.3 Å². The van der Waals surface area contributed by atoms with Gasteiger partial charge in [0.1, 0.15) is 5.01 Å². The fraction of sp³-hybridized carbons (Fsp3) is 0.444. The van der Waals surface area contributed by atoms with Crippen molar-refractivity contribution in [2.45, 2.75) is 52.6 Å². The van der Waals surface area contributed by atoms with Crippen molar-refractivity contribution < 1.29 is 5.11 Å². The second kappa shape index (κ2) is 5.73. The summed E-state index contributed by atoms with van der Waals surface area (Å²) in [6, 6.07) is 8.41. The lowest BCUT2D eigenvalue weighted by Gasteiger charge is -2.12. The molecule has 1 N–H and O–H groups in total. The van der Waals surface area contributed by atoms with Crippen LogP contribution >= 0.6 is 11.3 Å². The van der Waals surface area contributed by atoms with E-state index in [4.69, 9.17) is 4.98 Å². The van der Waals surface area contributed by atoms with Crippen LogP contribution in [-0.4, -0.2) is 19.7 Å². The minimum Gasteiger partial charge on any atom is -0.390 e. The predicted octanol–water partition coefficient (Wildman–Crippen LogP) is 4.37. The van der Waals surface area contributed by atoms with E-state index < -0.39 is 0 Å². The van der Waals surface area contributed by atoms with Gasteiger partial charge in [-0.2, -0.15) is 5.10 Å². The first kappa shape index (κ1) is 16.1. The summed E-state index contributed by atoms with van der Waals surface area (Å²) in [5.41, 5.74) is 3.88. The van der Waals surface area contributed by atoms with Crippen LogP contribution in [0.3, 0.4) is 0 Å². The number of aliphatic hydroxyl groups excluding tert-OH is 1. The summed E-state index contributed by atoms with van der Waals surface area (Å²) >= 11 is 1.59. The van der Waals surface area contributed by atoms with Crippen molar-refractivity contribution in [3.63, 3.8) is 0 Å². The van der Waals surface area contributed by atoms with Gasteiger partial charge in [0.25, 0.3) is 0 Å². The molecule has 3 aromatic rings. The molecule has 0 amide bonds. The molecule has 0 fully saturated rings. The molecule has 0 radical (unpaired) electrons. The summed E-state index contributed by atoms with van der Waals surface area (Å²) in [4.78, 5) is 5.56. The van der Waals surface area contributed by atoms with E-state index >= 15 is 0 Å². The van der Waals surface area contributed by atoms with Gasteiger partial charge in [0.15, 0.2) is 0 Å². The second-order valence-electron chi connectivity index (χ2n) is 7.19. The molecule has 0 aliphatic heterocycles. The molecular weight excluding hydrogens is 306 g/mol. The van der Waals surface area contributed by atoms with Gasteiger partial charge in [-0.1, -0.05) is 70.2 Å². The lowest BCUT2D eigenvalue weighted by Crippen LogP contribution is -2.11. The molecule has 0 saturated heterocycles. The molecule has 2 heterocycles. The van der Waals surface area contributed by atoms with Gasteiger partial charge in [0.2, 0.25) is 4.96 Å². The topological polar surface area (TPSA) is 50.4 Å². The average molecular weight is 329 g/mol. The van der Waals surface area contributed by atoms with E-state index in [1.807, 2.05) is 0 Å². The molecule has 0 unspecified atom stereocenters.